The van der Waals surface area contributed by atoms with Gasteiger partial charge in [0, 0.05) is 19.1 Å². The lowest BCUT2D eigenvalue weighted by molar-refractivity contribution is -0.178. The van der Waals surface area contributed by atoms with E-state index in [0.29, 0.717) is 18.6 Å². The van der Waals surface area contributed by atoms with Gasteiger partial charge in [0.2, 0.25) is 0 Å². The Morgan fingerprint density at radius 2 is 2.29 bits per heavy atom. The first-order valence-electron chi connectivity index (χ1n) is 4.52. The number of carbonyl (C=O) groups is 1. The number of ether oxygens (including phenoxy) is 3. The zero-order chi connectivity index (χ0) is 10.8. The molecule has 1 fully saturated rings. The first kappa shape index (κ1) is 11.2. The SMILES string of the molecule is C=C(C)C(=O)OC1COC(C)(OC)C1. The summed E-state index contributed by atoms with van der Waals surface area (Å²) in [6.45, 7) is 7.33. The van der Waals surface area contributed by atoms with Gasteiger partial charge in [0.15, 0.2) is 5.79 Å². The molecule has 1 rings (SSSR count). The lowest BCUT2D eigenvalue weighted by Crippen LogP contribution is -2.26. The molecule has 4 nitrogen and oxygen atoms in total. The first-order chi connectivity index (χ1) is 6.47. The Kier molecular flexibility index (Phi) is 3.29. The highest BCUT2D eigenvalue weighted by Gasteiger charge is 2.38. The lowest BCUT2D eigenvalue weighted by atomic mass is 10.2. The van der Waals surface area contributed by atoms with Crippen molar-refractivity contribution in [1.29, 1.82) is 0 Å². The molecule has 4 heteroatoms. The Morgan fingerprint density at radius 3 is 2.71 bits per heavy atom. The number of methoxy groups -OCH3 is 1. The third kappa shape index (κ3) is 2.56. The number of carbonyl (C=O) groups excluding carboxylic acids is 1. The van der Waals surface area contributed by atoms with Crippen molar-refractivity contribution < 1.29 is 19.0 Å². The number of esters is 1. The second-order valence-electron chi connectivity index (χ2n) is 3.66. The van der Waals surface area contributed by atoms with E-state index in [1.807, 2.05) is 6.92 Å². The van der Waals surface area contributed by atoms with Gasteiger partial charge in [0.1, 0.15) is 6.10 Å². The van der Waals surface area contributed by atoms with E-state index < -0.39 is 5.79 Å². The molecule has 0 amide bonds. The Bertz CT molecular complexity index is 249. The second kappa shape index (κ2) is 4.11. The third-order valence-electron chi connectivity index (χ3n) is 2.23. The van der Waals surface area contributed by atoms with Crippen molar-refractivity contribution in [1.82, 2.24) is 0 Å². The van der Waals surface area contributed by atoms with Crippen molar-refractivity contribution in [3.63, 3.8) is 0 Å². The topological polar surface area (TPSA) is 44.8 Å². The first-order valence-corrected chi connectivity index (χ1v) is 4.52. The number of rotatable bonds is 3. The van der Waals surface area contributed by atoms with Crippen LogP contribution >= 0.6 is 0 Å². The molecule has 1 heterocycles. The maximum absolute atomic E-state index is 11.2. The molecular formula is C10H16O4. The maximum Gasteiger partial charge on any atom is 0.333 e. The molecule has 0 aromatic rings. The largest absolute Gasteiger partial charge is 0.456 e. The van der Waals surface area contributed by atoms with E-state index in [1.165, 1.54) is 0 Å². The molecule has 0 N–H and O–H groups in total. The van der Waals surface area contributed by atoms with Crippen LogP contribution in [-0.4, -0.2) is 31.6 Å². The molecule has 0 saturated carbocycles. The predicted molar refractivity (Wildman–Crippen MR) is 50.7 cm³/mol. The monoisotopic (exact) mass is 200 g/mol. The van der Waals surface area contributed by atoms with Crippen molar-refractivity contribution in [2.45, 2.75) is 32.2 Å². The summed E-state index contributed by atoms with van der Waals surface area (Å²) in [4.78, 5) is 11.2. The molecule has 0 radical (unpaired) electrons. The van der Waals surface area contributed by atoms with Crippen molar-refractivity contribution in [2.24, 2.45) is 0 Å². The van der Waals surface area contributed by atoms with Gasteiger partial charge in [0.25, 0.3) is 0 Å². The van der Waals surface area contributed by atoms with E-state index in [2.05, 4.69) is 6.58 Å². The Balaban J connectivity index is 2.44. The van der Waals surface area contributed by atoms with Gasteiger partial charge in [-0.3, -0.25) is 0 Å². The molecule has 0 bridgehead atoms. The third-order valence-corrected chi connectivity index (χ3v) is 2.23. The molecule has 14 heavy (non-hydrogen) atoms. The van der Waals surface area contributed by atoms with Crippen LogP contribution in [0.4, 0.5) is 0 Å². The summed E-state index contributed by atoms with van der Waals surface area (Å²) in [7, 11) is 1.57. The summed E-state index contributed by atoms with van der Waals surface area (Å²) >= 11 is 0. The van der Waals surface area contributed by atoms with Crippen LogP contribution in [0.25, 0.3) is 0 Å². The molecule has 0 aliphatic carbocycles. The quantitative estimate of drug-likeness (QED) is 0.508. The fourth-order valence-corrected chi connectivity index (χ4v) is 1.27. The van der Waals surface area contributed by atoms with Gasteiger partial charge < -0.3 is 14.2 Å². The molecule has 0 spiro atoms. The van der Waals surface area contributed by atoms with Gasteiger partial charge >= 0.3 is 5.97 Å². The summed E-state index contributed by atoms with van der Waals surface area (Å²) in [5.41, 5.74) is 0.399. The summed E-state index contributed by atoms with van der Waals surface area (Å²) < 4.78 is 15.6. The molecule has 1 aliphatic heterocycles. The molecule has 0 aromatic heterocycles. The van der Waals surface area contributed by atoms with Crippen molar-refractivity contribution >= 4 is 5.97 Å². The minimum absolute atomic E-state index is 0.232. The van der Waals surface area contributed by atoms with Gasteiger partial charge in [-0.15, -0.1) is 0 Å². The van der Waals surface area contributed by atoms with Gasteiger partial charge in [-0.25, -0.2) is 4.79 Å². The van der Waals surface area contributed by atoms with Crippen LogP contribution in [-0.2, 0) is 19.0 Å². The number of hydrogen-bond donors (Lipinski definition) is 0. The van der Waals surface area contributed by atoms with E-state index in [9.17, 15) is 4.79 Å². The highest BCUT2D eigenvalue weighted by molar-refractivity contribution is 5.87. The van der Waals surface area contributed by atoms with Crippen molar-refractivity contribution in [2.75, 3.05) is 13.7 Å². The predicted octanol–water partition coefficient (Wildman–Crippen LogP) is 1.26. The second-order valence-corrected chi connectivity index (χ2v) is 3.66. The summed E-state index contributed by atoms with van der Waals surface area (Å²) in [6.07, 6.45) is 0.326. The van der Waals surface area contributed by atoms with Crippen LogP contribution in [0.1, 0.15) is 20.3 Å². The molecule has 2 atom stereocenters. The van der Waals surface area contributed by atoms with Crippen LogP contribution in [0.3, 0.4) is 0 Å². The van der Waals surface area contributed by atoms with Crippen LogP contribution < -0.4 is 0 Å². The normalized spacial score (nSPS) is 31.5. The molecule has 1 saturated heterocycles. The molecule has 2 unspecified atom stereocenters. The van der Waals surface area contributed by atoms with Crippen LogP contribution in [0.15, 0.2) is 12.2 Å². The lowest BCUT2D eigenvalue weighted by Gasteiger charge is -2.20. The Labute approximate surface area is 83.8 Å². The van der Waals surface area contributed by atoms with E-state index in [-0.39, 0.29) is 12.1 Å². The zero-order valence-electron chi connectivity index (χ0n) is 8.83. The fourth-order valence-electron chi connectivity index (χ4n) is 1.27. The van der Waals surface area contributed by atoms with Crippen molar-refractivity contribution in [3.05, 3.63) is 12.2 Å². The summed E-state index contributed by atoms with van der Waals surface area (Å²) in [6, 6.07) is 0. The van der Waals surface area contributed by atoms with Crippen LogP contribution in [0.5, 0.6) is 0 Å². The minimum Gasteiger partial charge on any atom is -0.456 e. The van der Waals surface area contributed by atoms with Gasteiger partial charge in [0.05, 0.1) is 6.61 Å². The molecule has 0 aromatic carbocycles. The highest BCUT2D eigenvalue weighted by Crippen LogP contribution is 2.27. The standard InChI is InChI=1S/C10H16O4/c1-7(2)9(11)14-8-5-10(3,12-4)13-6-8/h8H,1,5-6H2,2-4H3. The smallest absolute Gasteiger partial charge is 0.333 e. The van der Waals surface area contributed by atoms with E-state index >= 15 is 0 Å². The summed E-state index contributed by atoms with van der Waals surface area (Å²) in [5, 5.41) is 0. The number of hydrogen-bond acceptors (Lipinski definition) is 4. The maximum atomic E-state index is 11.2. The van der Waals surface area contributed by atoms with Gasteiger partial charge in [-0.2, -0.15) is 0 Å². The van der Waals surface area contributed by atoms with Crippen molar-refractivity contribution in [3.8, 4) is 0 Å². The highest BCUT2D eigenvalue weighted by atomic mass is 16.7. The average Bonchev–Trinajstić information content (AvgIpc) is 2.48. The zero-order valence-corrected chi connectivity index (χ0v) is 8.83. The van der Waals surface area contributed by atoms with Crippen LogP contribution in [0.2, 0.25) is 0 Å². The fraction of sp³-hybridized carbons (Fsp3) is 0.700. The van der Waals surface area contributed by atoms with E-state index in [0.717, 1.165) is 0 Å². The van der Waals surface area contributed by atoms with Gasteiger partial charge in [-0.05, 0) is 13.8 Å². The Hall–Kier alpha value is -0.870. The summed E-state index contributed by atoms with van der Waals surface area (Å²) in [5.74, 6) is -1.00. The van der Waals surface area contributed by atoms with E-state index in [1.54, 1.807) is 14.0 Å². The van der Waals surface area contributed by atoms with Gasteiger partial charge in [-0.1, -0.05) is 6.58 Å². The van der Waals surface area contributed by atoms with Crippen LogP contribution in [0, 0.1) is 0 Å². The molecular weight excluding hydrogens is 184 g/mol. The minimum atomic E-state index is -0.625. The molecule has 1 aliphatic rings. The van der Waals surface area contributed by atoms with E-state index in [4.69, 9.17) is 14.2 Å². The average molecular weight is 200 g/mol. The Morgan fingerprint density at radius 1 is 1.64 bits per heavy atom. The molecule has 80 valence electrons.